The second kappa shape index (κ2) is 8.07. The average molecular weight is 390 g/mol. The minimum atomic E-state index is -4.43. The summed E-state index contributed by atoms with van der Waals surface area (Å²) in [6, 6.07) is 10.2. The predicted molar refractivity (Wildman–Crippen MR) is 102 cm³/mol. The van der Waals surface area contributed by atoms with E-state index in [1.807, 2.05) is 23.1 Å². The molecule has 28 heavy (non-hydrogen) atoms. The van der Waals surface area contributed by atoms with Gasteiger partial charge in [-0.2, -0.15) is 13.2 Å². The summed E-state index contributed by atoms with van der Waals surface area (Å²) in [4.78, 5) is 12.8. The molecule has 0 atom stereocenters. The summed E-state index contributed by atoms with van der Waals surface area (Å²) < 4.78 is 40.9. The Labute approximate surface area is 163 Å². The first kappa shape index (κ1) is 19.2. The minimum absolute atomic E-state index is 0.243. The summed E-state index contributed by atoms with van der Waals surface area (Å²) in [6.07, 6.45) is -0.776. The van der Waals surface area contributed by atoms with Crippen LogP contribution < -0.4 is 4.90 Å². The number of fused-ring (bicyclic) bond motifs is 1. The van der Waals surface area contributed by atoms with Crippen LogP contribution in [0.15, 0.2) is 30.3 Å². The molecule has 2 aromatic rings. The topological polar surface area (TPSA) is 32.3 Å². The van der Waals surface area contributed by atoms with Crippen molar-refractivity contribution in [3.05, 3.63) is 52.8 Å². The van der Waals surface area contributed by atoms with E-state index in [0.29, 0.717) is 37.2 Å². The molecule has 0 amide bonds. The third-order valence-corrected chi connectivity index (χ3v) is 5.59. The average Bonchev–Trinajstić information content (AvgIpc) is 2.93. The van der Waals surface area contributed by atoms with Crippen molar-refractivity contribution in [2.24, 2.45) is 0 Å². The van der Waals surface area contributed by atoms with Crippen LogP contribution >= 0.6 is 0 Å². The van der Waals surface area contributed by atoms with Crippen LogP contribution in [-0.2, 0) is 25.6 Å². The minimum Gasteiger partial charge on any atom is -0.338 e. The highest BCUT2D eigenvalue weighted by Crippen LogP contribution is 2.35. The first-order valence-electron chi connectivity index (χ1n) is 9.99. The van der Waals surface area contributed by atoms with Crippen LogP contribution in [0.2, 0.25) is 0 Å². The summed E-state index contributed by atoms with van der Waals surface area (Å²) in [5.74, 6) is 0.243. The van der Waals surface area contributed by atoms with Gasteiger partial charge in [-0.25, -0.2) is 9.97 Å². The second-order valence-electron chi connectivity index (χ2n) is 7.60. The Morgan fingerprint density at radius 3 is 2.29 bits per heavy atom. The van der Waals surface area contributed by atoms with E-state index >= 15 is 0 Å². The van der Waals surface area contributed by atoms with Crippen molar-refractivity contribution in [2.75, 3.05) is 31.1 Å². The molecule has 0 radical (unpaired) electrons. The van der Waals surface area contributed by atoms with Crippen molar-refractivity contribution in [1.82, 2.24) is 14.9 Å². The van der Waals surface area contributed by atoms with E-state index in [0.717, 1.165) is 38.9 Å². The van der Waals surface area contributed by atoms with Gasteiger partial charge >= 0.3 is 6.18 Å². The molecule has 1 aromatic carbocycles. The number of aromatic nitrogens is 2. The lowest BCUT2D eigenvalue weighted by Crippen LogP contribution is -2.46. The molecule has 2 aliphatic rings. The van der Waals surface area contributed by atoms with Crippen LogP contribution in [0.3, 0.4) is 0 Å². The fourth-order valence-electron chi connectivity index (χ4n) is 4.08. The maximum atomic E-state index is 13.6. The number of piperazine rings is 1. The van der Waals surface area contributed by atoms with Crippen LogP contribution in [0.4, 0.5) is 19.1 Å². The molecule has 4 nitrogen and oxygen atoms in total. The summed E-state index contributed by atoms with van der Waals surface area (Å²) in [6.45, 7) is 3.72. The Hall–Kier alpha value is -2.15. The summed E-state index contributed by atoms with van der Waals surface area (Å²) in [5, 5.41) is 0. The van der Waals surface area contributed by atoms with Gasteiger partial charge in [0.25, 0.3) is 0 Å². The zero-order chi connectivity index (χ0) is 19.6. The van der Waals surface area contributed by atoms with Crippen LogP contribution in [-0.4, -0.2) is 41.0 Å². The number of alkyl halides is 3. The fraction of sp³-hybridized carbons (Fsp3) is 0.524. The molecule has 1 saturated heterocycles. The standard InChI is InChI=1S/C21H25F3N4/c22-21(23,24)19-17-9-5-2-6-10-18(17)25-20(26-19)28-13-11-27(12-14-28)15-16-7-3-1-4-8-16/h1,3-4,7-8H,2,5-6,9-15H2. The van der Waals surface area contributed by atoms with Crippen molar-refractivity contribution in [1.29, 1.82) is 0 Å². The van der Waals surface area contributed by atoms with Gasteiger partial charge in [-0.3, -0.25) is 4.90 Å². The monoisotopic (exact) mass is 390 g/mol. The first-order valence-corrected chi connectivity index (χ1v) is 9.99. The Kier molecular flexibility index (Phi) is 5.53. The second-order valence-corrected chi connectivity index (χ2v) is 7.60. The molecule has 0 spiro atoms. The Morgan fingerprint density at radius 1 is 0.857 bits per heavy atom. The van der Waals surface area contributed by atoms with Crippen LogP contribution in [0.1, 0.15) is 41.8 Å². The largest absolute Gasteiger partial charge is 0.433 e. The van der Waals surface area contributed by atoms with Crippen molar-refractivity contribution in [3.63, 3.8) is 0 Å². The zero-order valence-corrected chi connectivity index (χ0v) is 15.9. The van der Waals surface area contributed by atoms with Crippen LogP contribution in [0.25, 0.3) is 0 Å². The Morgan fingerprint density at radius 2 is 1.57 bits per heavy atom. The lowest BCUT2D eigenvalue weighted by Gasteiger charge is -2.35. The number of halogens is 3. The smallest absolute Gasteiger partial charge is 0.338 e. The van der Waals surface area contributed by atoms with Gasteiger partial charge in [-0.15, -0.1) is 0 Å². The highest BCUT2D eigenvalue weighted by Gasteiger charge is 2.38. The van der Waals surface area contributed by atoms with Gasteiger partial charge in [0, 0.05) is 44.0 Å². The predicted octanol–water partition coefficient (Wildman–Crippen LogP) is 4.09. The molecule has 1 fully saturated rings. The van der Waals surface area contributed by atoms with E-state index in [9.17, 15) is 13.2 Å². The zero-order valence-electron chi connectivity index (χ0n) is 15.9. The summed E-state index contributed by atoms with van der Waals surface area (Å²) >= 11 is 0. The maximum absolute atomic E-state index is 13.6. The van der Waals surface area contributed by atoms with E-state index in [1.165, 1.54) is 5.56 Å². The number of aryl methyl sites for hydroxylation is 1. The molecule has 0 saturated carbocycles. The number of hydrogen-bond acceptors (Lipinski definition) is 4. The van der Waals surface area contributed by atoms with Gasteiger partial charge in [0.2, 0.25) is 5.95 Å². The van der Waals surface area contributed by atoms with Crippen LogP contribution in [0, 0.1) is 0 Å². The van der Waals surface area contributed by atoms with Crippen LogP contribution in [0.5, 0.6) is 0 Å². The number of nitrogens with zero attached hydrogens (tertiary/aromatic N) is 4. The first-order chi connectivity index (χ1) is 13.5. The van der Waals surface area contributed by atoms with E-state index in [-0.39, 0.29) is 5.95 Å². The lowest BCUT2D eigenvalue weighted by atomic mass is 10.1. The SMILES string of the molecule is FC(F)(F)c1nc(N2CCN(Cc3ccccc3)CC2)nc2c1CCCCC2. The molecular weight excluding hydrogens is 365 g/mol. The van der Waals surface area contributed by atoms with Gasteiger partial charge in [0.05, 0.1) is 0 Å². The fourth-order valence-corrected chi connectivity index (χ4v) is 4.08. The molecule has 2 heterocycles. The molecule has 150 valence electrons. The van der Waals surface area contributed by atoms with Gasteiger partial charge < -0.3 is 4.90 Å². The van der Waals surface area contributed by atoms with E-state index in [2.05, 4.69) is 27.0 Å². The molecule has 0 bridgehead atoms. The molecule has 0 N–H and O–H groups in total. The number of rotatable bonds is 3. The molecule has 0 unspecified atom stereocenters. The summed E-state index contributed by atoms with van der Waals surface area (Å²) in [7, 11) is 0. The molecule has 1 aliphatic carbocycles. The van der Waals surface area contributed by atoms with Gasteiger partial charge in [0.15, 0.2) is 5.69 Å². The third kappa shape index (κ3) is 4.29. The van der Waals surface area contributed by atoms with Crippen molar-refractivity contribution in [2.45, 2.75) is 44.8 Å². The lowest BCUT2D eigenvalue weighted by molar-refractivity contribution is -0.141. The highest BCUT2D eigenvalue weighted by atomic mass is 19.4. The quantitative estimate of drug-likeness (QED) is 0.739. The van der Waals surface area contributed by atoms with Crippen molar-refractivity contribution in [3.8, 4) is 0 Å². The third-order valence-electron chi connectivity index (χ3n) is 5.59. The van der Waals surface area contributed by atoms with Crippen molar-refractivity contribution < 1.29 is 13.2 Å². The molecule has 4 rings (SSSR count). The normalized spacial score (nSPS) is 18.6. The highest BCUT2D eigenvalue weighted by molar-refractivity contribution is 5.39. The van der Waals surface area contributed by atoms with Crippen molar-refractivity contribution >= 4 is 5.95 Å². The number of benzene rings is 1. The summed E-state index contributed by atoms with van der Waals surface area (Å²) in [5.41, 5.74) is 1.44. The number of anilines is 1. The molecule has 1 aromatic heterocycles. The molecule has 7 heteroatoms. The Balaban J connectivity index is 1.51. The molecule has 1 aliphatic heterocycles. The van der Waals surface area contributed by atoms with Gasteiger partial charge in [-0.1, -0.05) is 36.8 Å². The van der Waals surface area contributed by atoms with E-state index in [1.54, 1.807) is 0 Å². The van der Waals surface area contributed by atoms with Gasteiger partial charge in [0.1, 0.15) is 0 Å². The maximum Gasteiger partial charge on any atom is 0.433 e. The van der Waals surface area contributed by atoms with E-state index in [4.69, 9.17) is 0 Å². The molecular formula is C21H25F3N4. The number of hydrogen-bond donors (Lipinski definition) is 0. The van der Waals surface area contributed by atoms with E-state index < -0.39 is 11.9 Å². The van der Waals surface area contributed by atoms with Gasteiger partial charge in [-0.05, 0) is 31.2 Å². The Bertz CT molecular complexity index is 799.